The number of unbranched alkanes of at least 4 members (excludes halogenated alkanes) is 18. The highest BCUT2D eigenvalue weighted by Crippen LogP contribution is 2.30. The second-order valence-electron chi connectivity index (χ2n) is 10.4. The van der Waals surface area contributed by atoms with Crippen molar-refractivity contribution in [3.63, 3.8) is 0 Å². The third-order valence-corrected chi connectivity index (χ3v) is 7.10. The Morgan fingerprint density at radius 3 is 1.00 bits per heavy atom. The number of hydrogen-bond acceptors (Lipinski definition) is 4. The normalized spacial score (nSPS) is 11.2. The van der Waals surface area contributed by atoms with Crippen LogP contribution in [-0.2, 0) is 13.2 Å². The summed E-state index contributed by atoms with van der Waals surface area (Å²) in [5.41, 5.74) is 1.47. The van der Waals surface area contributed by atoms with Crippen molar-refractivity contribution in [2.75, 3.05) is 13.2 Å². The van der Waals surface area contributed by atoms with E-state index in [9.17, 15) is 10.2 Å². The largest absolute Gasteiger partial charge is 0.493 e. The van der Waals surface area contributed by atoms with E-state index in [1.165, 1.54) is 116 Å². The van der Waals surface area contributed by atoms with E-state index in [1.807, 2.05) is 12.1 Å². The van der Waals surface area contributed by atoms with Crippen molar-refractivity contribution in [3.05, 3.63) is 23.3 Å². The fraction of sp³-hybridized carbons (Fsp3) is 0.812. The van der Waals surface area contributed by atoms with Gasteiger partial charge in [-0.05, 0) is 25.0 Å². The van der Waals surface area contributed by atoms with Crippen molar-refractivity contribution in [1.29, 1.82) is 0 Å². The quantitative estimate of drug-likeness (QED) is 0.123. The predicted molar refractivity (Wildman–Crippen MR) is 153 cm³/mol. The Hall–Kier alpha value is -1.26. The van der Waals surface area contributed by atoms with Gasteiger partial charge in [0, 0.05) is 11.1 Å². The number of rotatable bonds is 26. The molecular weight excluding hydrogens is 448 g/mol. The molecule has 1 aromatic rings. The van der Waals surface area contributed by atoms with E-state index in [2.05, 4.69) is 13.8 Å². The summed E-state index contributed by atoms with van der Waals surface area (Å²) >= 11 is 0. The van der Waals surface area contributed by atoms with E-state index in [1.54, 1.807) is 0 Å². The molecule has 1 rings (SSSR count). The number of benzene rings is 1. The minimum Gasteiger partial charge on any atom is -0.493 e. The first-order valence-corrected chi connectivity index (χ1v) is 15.4. The van der Waals surface area contributed by atoms with Crippen molar-refractivity contribution in [2.45, 2.75) is 155 Å². The van der Waals surface area contributed by atoms with Crippen LogP contribution in [-0.4, -0.2) is 23.4 Å². The van der Waals surface area contributed by atoms with Crippen LogP contribution < -0.4 is 9.47 Å². The molecule has 0 saturated heterocycles. The monoisotopic (exact) mass is 506 g/mol. The molecule has 1 aromatic carbocycles. The van der Waals surface area contributed by atoms with Gasteiger partial charge < -0.3 is 19.7 Å². The molecular formula is C32H58O4. The Kier molecular flexibility index (Phi) is 21.9. The highest BCUT2D eigenvalue weighted by Gasteiger charge is 2.12. The summed E-state index contributed by atoms with van der Waals surface area (Å²) in [5.74, 6) is 1.34. The summed E-state index contributed by atoms with van der Waals surface area (Å²) in [6, 6.07) is 3.69. The zero-order valence-electron chi connectivity index (χ0n) is 23.8. The molecule has 0 saturated carbocycles. The molecule has 0 radical (unpaired) electrons. The third-order valence-electron chi connectivity index (χ3n) is 7.10. The first-order valence-electron chi connectivity index (χ1n) is 15.4. The van der Waals surface area contributed by atoms with Crippen molar-refractivity contribution in [3.8, 4) is 11.5 Å². The Balaban J connectivity index is 2.23. The standard InChI is InChI=1S/C32H58O4/c1-3-5-7-9-11-13-15-17-19-21-23-35-31-25-30(28-34)32(26-29(31)27-33)36-24-22-20-18-16-14-12-10-8-6-4-2/h25-26,33-34H,3-24,27-28H2,1-2H3. The maximum Gasteiger partial charge on any atom is 0.125 e. The molecule has 36 heavy (non-hydrogen) atoms. The van der Waals surface area contributed by atoms with Crippen LogP contribution in [0, 0.1) is 0 Å². The van der Waals surface area contributed by atoms with Crippen LogP contribution in [0.3, 0.4) is 0 Å². The van der Waals surface area contributed by atoms with Crippen LogP contribution in [0.1, 0.15) is 153 Å². The summed E-state index contributed by atoms with van der Waals surface area (Å²) in [7, 11) is 0. The summed E-state index contributed by atoms with van der Waals surface area (Å²) in [6.07, 6.45) is 25.9. The highest BCUT2D eigenvalue weighted by molar-refractivity contribution is 5.46. The fourth-order valence-electron chi connectivity index (χ4n) is 4.70. The lowest BCUT2D eigenvalue weighted by Crippen LogP contribution is -2.05. The molecule has 0 bridgehead atoms. The van der Waals surface area contributed by atoms with Crippen LogP contribution in [0.15, 0.2) is 12.1 Å². The van der Waals surface area contributed by atoms with Gasteiger partial charge in [0.2, 0.25) is 0 Å². The SMILES string of the molecule is CCCCCCCCCCCCOc1cc(CO)c(OCCCCCCCCCCCC)cc1CO. The Bertz CT molecular complexity index is 563. The zero-order chi connectivity index (χ0) is 26.1. The van der Waals surface area contributed by atoms with Gasteiger partial charge in [-0.25, -0.2) is 0 Å². The molecule has 0 amide bonds. The number of aliphatic hydroxyl groups excluding tert-OH is 2. The topological polar surface area (TPSA) is 58.9 Å². The molecule has 0 fully saturated rings. The maximum absolute atomic E-state index is 9.85. The van der Waals surface area contributed by atoms with Crippen molar-refractivity contribution < 1.29 is 19.7 Å². The second-order valence-corrected chi connectivity index (χ2v) is 10.4. The minimum atomic E-state index is -0.0896. The fourth-order valence-corrected chi connectivity index (χ4v) is 4.70. The molecule has 4 heteroatoms. The van der Waals surface area contributed by atoms with Gasteiger partial charge in [-0.2, -0.15) is 0 Å². The molecule has 0 aliphatic heterocycles. The number of ether oxygens (including phenoxy) is 2. The van der Waals surface area contributed by atoms with Gasteiger partial charge in [0.1, 0.15) is 11.5 Å². The molecule has 0 aliphatic carbocycles. The molecule has 0 aromatic heterocycles. The molecule has 0 spiro atoms. The lowest BCUT2D eigenvalue weighted by molar-refractivity contribution is 0.246. The van der Waals surface area contributed by atoms with E-state index >= 15 is 0 Å². The highest BCUT2D eigenvalue weighted by atomic mass is 16.5. The van der Waals surface area contributed by atoms with E-state index in [0.717, 1.165) is 24.0 Å². The van der Waals surface area contributed by atoms with Gasteiger partial charge in [0.25, 0.3) is 0 Å². The molecule has 0 atom stereocenters. The summed E-state index contributed by atoms with van der Waals surface area (Å²) in [6.45, 7) is 5.64. The first kappa shape index (κ1) is 32.8. The van der Waals surface area contributed by atoms with Gasteiger partial charge in [0.05, 0.1) is 26.4 Å². The second kappa shape index (κ2) is 24.1. The lowest BCUT2D eigenvalue weighted by atomic mass is 10.1. The van der Waals surface area contributed by atoms with E-state index in [-0.39, 0.29) is 13.2 Å². The Morgan fingerprint density at radius 2 is 0.722 bits per heavy atom. The molecule has 4 nitrogen and oxygen atoms in total. The molecule has 0 aliphatic rings. The summed E-state index contributed by atoms with van der Waals surface area (Å²) in [5, 5.41) is 19.7. The zero-order valence-corrected chi connectivity index (χ0v) is 23.8. The smallest absolute Gasteiger partial charge is 0.125 e. The van der Waals surface area contributed by atoms with Crippen LogP contribution in [0.25, 0.3) is 0 Å². The van der Waals surface area contributed by atoms with E-state index in [4.69, 9.17) is 9.47 Å². The summed E-state index contributed by atoms with van der Waals surface area (Å²) < 4.78 is 12.0. The van der Waals surface area contributed by atoms with Crippen LogP contribution >= 0.6 is 0 Å². The van der Waals surface area contributed by atoms with Gasteiger partial charge in [-0.3, -0.25) is 0 Å². The lowest BCUT2D eigenvalue weighted by Gasteiger charge is -2.16. The van der Waals surface area contributed by atoms with Crippen LogP contribution in [0.5, 0.6) is 11.5 Å². The number of aliphatic hydroxyl groups is 2. The molecule has 0 heterocycles. The van der Waals surface area contributed by atoms with Crippen LogP contribution in [0.2, 0.25) is 0 Å². The van der Waals surface area contributed by atoms with Crippen molar-refractivity contribution >= 4 is 0 Å². The van der Waals surface area contributed by atoms with Crippen LogP contribution in [0.4, 0.5) is 0 Å². The molecule has 210 valence electrons. The van der Waals surface area contributed by atoms with Crippen molar-refractivity contribution in [2.24, 2.45) is 0 Å². The van der Waals surface area contributed by atoms with Gasteiger partial charge in [-0.1, -0.05) is 129 Å². The summed E-state index contributed by atoms with van der Waals surface area (Å²) in [4.78, 5) is 0. The molecule has 2 N–H and O–H groups in total. The minimum absolute atomic E-state index is 0.0896. The van der Waals surface area contributed by atoms with Crippen molar-refractivity contribution in [1.82, 2.24) is 0 Å². The average Bonchev–Trinajstić information content (AvgIpc) is 2.90. The van der Waals surface area contributed by atoms with E-state index in [0.29, 0.717) is 24.7 Å². The molecule has 0 unspecified atom stereocenters. The van der Waals surface area contributed by atoms with E-state index < -0.39 is 0 Å². The average molecular weight is 507 g/mol. The van der Waals surface area contributed by atoms with Gasteiger partial charge in [-0.15, -0.1) is 0 Å². The van der Waals surface area contributed by atoms with Gasteiger partial charge in [0.15, 0.2) is 0 Å². The third kappa shape index (κ3) is 16.5. The number of hydrogen-bond donors (Lipinski definition) is 2. The Labute approximate surface area is 223 Å². The predicted octanol–water partition coefficient (Wildman–Crippen LogP) is 9.27. The first-order chi connectivity index (χ1) is 17.8. The van der Waals surface area contributed by atoms with Gasteiger partial charge >= 0.3 is 0 Å². The Morgan fingerprint density at radius 1 is 0.444 bits per heavy atom. The maximum atomic E-state index is 9.85.